The van der Waals surface area contributed by atoms with Crippen molar-refractivity contribution in [1.82, 2.24) is 5.32 Å². The fourth-order valence-electron chi connectivity index (χ4n) is 1.05. The Kier molecular flexibility index (Phi) is 2.66. The minimum Gasteiger partial charge on any atom is -0.387 e. The van der Waals surface area contributed by atoms with Gasteiger partial charge in [-0.05, 0) is 6.42 Å². The molecule has 56 valence electrons. The van der Waals surface area contributed by atoms with E-state index in [0.29, 0.717) is 0 Å². The first-order valence-electron chi connectivity index (χ1n) is 3.53. The van der Waals surface area contributed by atoms with E-state index in [9.17, 15) is 5.11 Å². The monoisotopic (exact) mass is 139 g/mol. The zero-order valence-electron chi connectivity index (χ0n) is 5.96. The van der Waals surface area contributed by atoms with Crippen molar-refractivity contribution >= 4 is 0 Å². The van der Waals surface area contributed by atoms with Crippen LogP contribution in [0.15, 0.2) is 24.8 Å². The van der Waals surface area contributed by atoms with Gasteiger partial charge >= 0.3 is 0 Å². The summed E-state index contributed by atoms with van der Waals surface area (Å²) in [5, 5.41) is 12.4. The summed E-state index contributed by atoms with van der Waals surface area (Å²) in [6, 6.07) is 0.169. The molecule has 0 amide bonds. The summed E-state index contributed by atoms with van der Waals surface area (Å²) < 4.78 is 0. The molecule has 0 aromatic rings. The standard InChI is InChI=1S/C8H13NO/c1-2-8(10)7-5-3-4-6-9-7/h2-4,7-10H,1,5-6H2. The van der Waals surface area contributed by atoms with Gasteiger partial charge in [-0.2, -0.15) is 0 Å². The van der Waals surface area contributed by atoms with Gasteiger partial charge in [-0.1, -0.05) is 18.2 Å². The molecule has 2 unspecified atom stereocenters. The molecule has 0 radical (unpaired) electrons. The second kappa shape index (κ2) is 3.54. The van der Waals surface area contributed by atoms with Gasteiger partial charge in [0.2, 0.25) is 0 Å². The molecule has 0 aliphatic carbocycles. The zero-order chi connectivity index (χ0) is 7.40. The van der Waals surface area contributed by atoms with Crippen LogP contribution in [0.25, 0.3) is 0 Å². The van der Waals surface area contributed by atoms with E-state index < -0.39 is 6.10 Å². The smallest absolute Gasteiger partial charge is 0.0874 e. The molecule has 2 atom stereocenters. The maximum atomic E-state index is 9.27. The van der Waals surface area contributed by atoms with Crippen molar-refractivity contribution in [2.75, 3.05) is 6.54 Å². The van der Waals surface area contributed by atoms with Crippen molar-refractivity contribution in [2.24, 2.45) is 0 Å². The van der Waals surface area contributed by atoms with Crippen molar-refractivity contribution in [3.8, 4) is 0 Å². The highest BCUT2D eigenvalue weighted by Crippen LogP contribution is 2.04. The molecule has 0 fully saturated rings. The average molecular weight is 139 g/mol. The van der Waals surface area contributed by atoms with Crippen LogP contribution in [0, 0.1) is 0 Å². The van der Waals surface area contributed by atoms with E-state index in [1.54, 1.807) is 6.08 Å². The van der Waals surface area contributed by atoms with E-state index in [-0.39, 0.29) is 6.04 Å². The number of nitrogens with one attached hydrogen (secondary N) is 1. The zero-order valence-corrected chi connectivity index (χ0v) is 5.96. The summed E-state index contributed by atoms with van der Waals surface area (Å²) in [7, 11) is 0. The molecule has 0 spiro atoms. The van der Waals surface area contributed by atoms with Crippen molar-refractivity contribution in [2.45, 2.75) is 18.6 Å². The number of hydrogen-bond acceptors (Lipinski definition) is 2. The Morgan fingerprint density at radius 2 is 2.50 bits per heavy atom. The van der Waals surface area contributed by atoms with Crippen LogP contribution >= 0.6 is 0 Å². The number of aliphatic hydroxyl groups is 1. The molecule has 2 nitrogen and oxygen atoms in total. The van der Waals surface area contributed by atoms with E-state index in [0.717, 1.165) is 13.0 Å². The predicted octanol–water partition coefficient (Wildman–Crippen LogP) is 0.451. The van der Waals surface area contributed by atoms with Gasteiger partial charge in [0.05, 0.1) is 6.10 Å². The molecule has 1 rings (SSSR count). The highest BCUT2D eigenvalue weighted by atomic mass is 16.3. The molecule has 2 heteroatoms. The van der Waals surface area contributed by atoms with Gasteiger partial charge < -0.3 is 10.4 Å². The largest absolute Gasteiger partial charge is 0.387 e. The van der Waals surface area contributed by atoms with E-state index in [1.165, 1.54) is 0 Å². The maximum absolute atomic E-state index is 9.27. The van der Waals surface area contributed by atoms with Crippen molar-refractivity contribution in [3.05, 3.63) is 24.8 Å². The Bertz CT molecular complexity index is 142. The Balaban J connectivity index is 2.40. The van der Waals surface area contributed by atoms with Gasteiger partial charge in [-0.3, -0.25) is 0 Å². The van der Waals surface area contributed by atoms with Crippen LogP contribution in [0.5, 0.6) is 0 Å². The van der Waals surface area contributed by atoms with Crippen LogP contribution in [-0.4, -0.2) is 23.8 Å². The maximum Gasteiger partial charge on any atom is 0.0874 e. The molecule has 1 aliphatic rings. The Morgan fingerprint density at radius 1 is 1.70 bits per heavy atom. The molecule has 0 saturated carbocycles. The van der Waals surface area contributed by atoms with Gasteiger partial charge in [-0.15, -0.1) is 6.58 Å². The topological polar surface area (TPSA) is 32.3 Å². The van der Waals surface area contributed by atoms with E-state index in [4.69, 9.17) is 0 Å². The molecule has 0 saturated heterocycles. The lowest BCUT2D eigenvalue weighted by molar-refractivity contribution is 0.172. The van der Waals surface area contributed by atoms with E-state index >= 15 is 0 Å². The minimum absolute atomic E-state index is 0.169. The fraction of sp³-hybridized carbons (Fsp3) is 0.500. The molecule has 1 heterocycles. The third kappa shape index (κ3) is 1.69. The van der Waals surface area contributed by atoms with Gasteiger partial charge in [0.15, 0.2) is 0 Å². The van der Waals surface area contributed by atoms with Gasteiger partial charge in [0.1, 0.15) is 0 Å². The van der Waals surface area contributed by atoms with Gasteiger partial charge in [-0.25, -0.2) is 0 Å². The van der Waals surface area contributed by atoms with Gasteiger partial charge in [0, 0.05) is 12.6 Å². The van der Waals surface area contributed by atoms with Crippen molar-refractivity contribution in [1.29, 1.82) is 0 Å². The lowest BCUT2D eigenvalue weighted by Crippen LogP contribution is -2.40. The molecule has 0 aromatic carbocycles. The van der Waals surface area contributed by atoms with Gasteiger partial charge in [0.25, 0.3) is 0 Å². The lowest BCUT2D eigenvalue weighted by Gasteiger charge is -2.22. The number of hydrogen-bond donors (Lipinski definition) is 2. The van der Waals surface area contributed by atoms with Crippen LogP contribution in [0.1, 0.15) is 6.42 Å². The molecular formula is C8H13NO. The Hall–Kier alpha value is -0.600. The SMILES string of the molecule is C=CC(O)C1CC=CCN1. The normalized spacial score (nSPS) is 27.9. The number of aliphatic hydroxyl groups excluding tert-OH is 1. The van der Waals surface area contributed by atoms with Crippen LogP contribution in [-0.2, 0) is 0 Å². The lowest BCUT2D eigenvalue weighted by atomic mass is 10.1. The van der Waals surface area contributed by atoms with Crippen LogP contribution in [0.2, 0.25) is 0 Å². The Labute approximate surface area is 61.3 Å². The van der Waals surface area contributed by atoms with Crippen LogP contribution in [0.4, 0.5) is 0 Å². The molecule has 0 bridgehead atoms. The minimum atomic E-state index is -0.412. The second-order valence-electron chi connectivity index (χ2n) is 2.45. The first-order chi connectivity index (χ1) is 4.84. The molecule has 1 aliphatic heterocycles. The predicted molar refractivity (Wildman–Crippen MR) is 41.8 cm³/mol. The highest BCUT2D eigenvalue weighted by molar-refractivity contribution is 5.00. The summed E-state index contributed by atoms with van der Waals surface area (Å²) in [5.74, 6) is 0. The molecule has 2 N–H and O–H groups in total. The van der Waals surface area contributed by atoms with E-state index in [2.05, 4.69) is 24.0 Å². The third-order valence-corrected chi connectivity index (χ3v) is 1.71. The average Bonchev–Trinajstić information content (AvgIpc) is 2.05. The van der Waals surface area contributed by atoms with Crippen LogP contribution < -0.4 is 5.32 Å². The molecular weight excluding hydrogens is 126 g/mol. The fourth-order valence-corrected chi connectivity index (χ4v) is 1.05. The summed E-state index contributed by atoms with van der Waals surface area (Å²) >= 11 is 0. The first-order valence-corrected chi connectivity index (χ1v) is 3.53. The highest BCUT2D eigenvalue weighted by Gasteiger charge is 2.14. The first kappa shape index (κ1) is 7.51. The second-order valence-corrected chi connectivity index (χ2v) is 2.45. The Morgan fingerprint density at radius 3 is 3.00 bits per heavy atom. The molecule has 0 aromatic heterocycles. The quantitative estimate of drug-likeness (QED) is 0.544. The molecule has 10 heavy (non-hydrogen) atoms. The summed E-state index contributed by atoms with van der Waals surface area (Å²) in [5.41, 5.74) is 0. The van der Waals surface area contributed by atoms with Crippen LogP contribution in [0.3, 0.4) is 0 Å². The summed E-state index contributed by atoms with van der Waals surface area (Å²) in [6.45, 7) is 4.38. The summed E-state index contributed by atoms with van der Waals surface area (Å²) in [6.07, 6.45) is 6.19. The van der Waals surface area contributed by atoms with Crippen molar-refractivity contribution < 1.29 is 5.11 Å². The number of rotatable bonds is 2. The third-order valence-electron chi connectivity index (χ3n) is 1.71. The van der Waals surface area contributed by atoms with Crippen molar-refractivity contribution in [3.63, 3.8) is 0 Å². The van der Waals surface area contributed by atoms with E-state index in [1.807, 2.05) is 0 Å². The summed E-state index contributed by atoms with van der Waals surface area (Å²) in [4.78, 5) is 0.